The average molecular weight is 286 g/mol. The third-order valence-corrected chi connectivity index (χ3v) is 4.39. The van der Waals surface area contributed by atoms with E-state index in [1.165, 1.54) is 7.11 Å². The van der Waals surface area contributed by atoms with Gasteiger partial charge in [-0.1, -0.05) is 19.9 Å². The van der Waals surface area contributed by atoms with Gasteiger partial charge in [-0.25, -0.2) is 0 Å². The molecule has 0 saturated heterocycles. The van der Waals surface area contributed by atoms with Crippen LogP contribution in [-0.2, 0) is 5.54 Å². The summed E-state index contributed by atoms with van der Waals surface area (Å²) < 4.78 is 5.68. The Kier molecular flexibility index (Phi) is 2.48. The Hall–Kier alpha value is -0.740. The van der Waals surface area contributed by atoms with Crippen molar-refractivity contribution >= 4 is 15.9 Å². The molecule has 0 amide bonds. The summed E-state index contributed by atoms with van der Waals surface area (Å²) in [6.07, 6.45) is 0.921. The van der Waals surface area contributed by atoms with E-state index in [2.05, 4.69) is 29.8 Å². The van der Waals surface area contributed by atoms with Gasteiger partial charge in [-0.15, -0.1) is 0 Å². The fraction of sp³-hybridized carbons (Fsp3) is 0.500. The van der Waals surface area contributed by atoms with E-state index in [0.29, 0.717) is 10.2 Å². The monoisotopic (exact) mass is 285 g/mol. The Bertz CT molecular complexity index is 445. The number of phenolic OH excluding ortho intramolecular Hbond substituents is 1. The van der Waals surface area contributed by atoms with Crippen LogP contribution in [0, 0.1) is 5.41 Å². The molecule has 0 heterocycles. The standard InChI is InChI=1S/C12H16BrNO2/c1-11(2)6-12(11,14)7-4-5-8(16-3)10(15)9(7)13/h4-5,15H,6,14H2,1-3H3. The van der Waals surface area contributed by atoms with Gasteiger partial charge in [0, 0.05) is 5.54 Å². The lowest BCUT2D eigenvalue weighted by Crippen LogP contribution is -2.25. The van der Waals surface area contributed by atoms with E-state index in [-0.39, 0.29) is 16.7 Å². The zero-order valence-corrected chi connectivity index (χ0v) is 11.3. The van der Waals surface area contributed by atoms with E-state index in [9.17, 15) is 5.11 Å². The molecule has 16 heavy (non-hydrogen) atoms. The molecule has 0 aliphatic heterocycles. The van der Waals surface area contributed by atoms with Crippen LogP contribution in [0.3, 0.4) is 0 Å². The number of hydrogen-bond donors (Lipinski definition) is 2. The number of nitrogens with two attached hydrogens (primary N) is 1. The van der Waals surface area contributed by atoms with E-state index >= 15 is 0 Å². The predicted molar refractivity (Wildman–Crippen MR) is 66.6 cm³/mol. The van der Waals surface area contributed by atoms with Crippen LogP contribution in [0.1, 0.15) is 25.8 Å². The molecule has 3 N–H and O–H groups in total. The molecule has 1 aromatic rings. The highest BCUT2D eigenvalue weighted by Crippen LogP contribution is 2.62. The van der Waals surface area contributed by atoms with Gasteiger partial charge >= 0.3 is 0 Å². The van der Waals surface area contributed by atoms with Crippen LogP contribution in [-0.4, -0.2) is 12.2 Å². The lowest BCUT2D eigenvalue weighted by molar-refractivity contribution is 0.370. The van der Waals surface area contributed by atoms with Crippen LogP contribution in [0.5, 0.6) is 11.5 Å². The number of rotatable bonds is 2. The number of phenols is 1. The SMILES string of the molecule is COc1ccc(C2(N)CC2(C)C)c(Br)c1O. The Morgan fingerprint density at radius 3 is 2.44 bits per heavy atom. The van der Waals surface area contributed by atoms with Crippen molar-refractivity contribution in [3.63, 3.8) is 0 Å². The van der Waals surface area contributed by atoms with Gasteiger partial charge in [0.15, 0.2) is 11.5 Å². The van der Waals surface area contributed by atoms with Crippen molar-refractivity contribution in [2.45, 2.75) is 25.8 Å². The molecule has 2 rings (SSSR count). The predicted octanol–water partition coefficient (Wildman–Crippen LogP) is 2.75. The first-order valence-electron chi connectivity index (χ1n) is 5.18. The van der Waals surface area contributed by atoms with Crippen molar-refractivity contribution in [1.29, 1.82) is 0 Å². The second-order valence-corrected chi connectivity index (χ2v) is 5.80. The minimum absolute atomic E-state index is 0.0799. The Morgan fingerprint density at radius 2 is 2.00 bits per heavy atom. The van der Waals surface area contributed by atoms with Crippen molar-refractivity contribution in [3.8, 4) is 11.5 Å². The smallest absolute Gasteiger partial charge is 0.172 e. The number of halogens is 1. The first-order chi connectivity index (χ1) is 7.33. The van der Waals surface area contributed by atoms with Gasteiger partial charge in [-0.2, -0.15) is 0 Å². The number of ether oxygens (including phenoxy) is 1. The molecule has 1 aliphatic rings. The maximum absolute atomic E-state index is 9.91. The summed E-state index contributed by atoms with van der Waals surface area (Å²) in [6, 6.07) is 3.66. The van der Waals surface area contributed by atoms with Gasteiger partial charge in [0.1, 0.15) is 0 Å². The average Bonchev–Trinajstić information content (AvgIpc) is 2.71. The van der Waals surface area contributed by atoms with Crippen LogP contribution < -0.4 is 10.5 Å². The summed E-state index contributed by atoms with van der Waals surface area (Å²) in [5.41, 5.74) is 6.99. The normalized spacial score (nSPS) is 26.6. The Morgan fingerprint density at radius 1 is 1.44 bits per heavy atom. The van der Waals surface area contributed by atoms with Crippen molar-refractivity contribution in [2.75, 3.05) is 7.11 Å². The van der Waals surface area contributed by atoms with Crippen LogP contribution in [0.25, 0.3) is 0 Å². The van der Waals surface area contributed by atoms with Crippen LogP contribution in [0.2, 0.25) is 0 Å². The molecule has 1 unspecified atom stereocenters. The lowest BCUT2D eigenvalue weighted by Gasteiger charge is -2.18. The molecule has 1 fully saturated rings. The van der Waals surface area contributed by atoms with Crippen LogP contribution in [0.4, 0.5) is 0 Å². The van der Waals surface area contributed by atoms with Gasteiger partial charge in [0.05, 0.1) is 11.6 Å². The summed E-state index contributed by atoms with van der Waals surface area (Å²) in [6.45, 7) is 4.25. The summed E-state index contributed by atoms with van der Waals surface area (Å²) in [7, 11) is 1.53. The fourth-order valence-electron chi connectivity index (χ4n) is 2.17. The molecule has 1 aliphatic carbocycles. The molecule has 1 aromatic carbocycles. The van der Waals surface area contributed by atoms with E-state index in [1.54, 1.807) is 6.07 Å². The fourth-order valence-corrected chi connectivity index (χ4v) is 2.85. The van der Waals surface area contributed by atoms with E-state index in [4.69, 9.17) is 10.5 Å². The number of hydrogen-bond acceptors (Lipinski definition) is 3. The molecule has 1 atom stereocenters. The maximum Gasteiger partial charge on any atom is 0.172 e. The van der Waals surface area contributed by atoms with Crippen molar-refractivity contribution in [2.24, 2.45) is 11.1 Å². The quantitative estimate of drug-likeness (QED) is 0.879. The van der Waals surface area contributed by atoms with Crippen molar-refractivity contribution in [3.05, 3.63) is 22.2 Å². The third-order valence-electron chi connectivity index (χ3n) is 3.58. The minimum atomic E-state index is -0.352. The lowest BCUT2D eigenvalue weighted by atomic mass is 9.97. The second-order valence-electron chi connectivity index (χ2n) is 5.01. The zero-order chi connectivity index (χ0) is 12.1. The van der Waals surface area contributed by atoms with E-state index < -0.39 is 0 Å². The first-order valence-corrected chi connectivity index (χ1v) is 5.97. The Balaban J connectivity index is 2.50. The first kappa shape index (κ1) is 11.7. The molecular formula is C12H16BrNO2. The van der Waals surface area contributed by atoms with Crippen molar-refractivity contribution in [1.82, 2.24) is 0 Å². The highest BCUT2D eigenvalue weighted by atomic mass is 79.9. The third kappa shape index (κ3) is 1.44. The molecule has 0 aromatic heterocycles. The van der Waals surface area contributed by atoms with Crippen LogP contribution in [0.15, 0.2) is 16.6 Å². The van der Waals surface area contributed by atoms with E-state index in [1.807, 2.05) is 6.07 Å². The summed E-state index contributed by atoms with van der Waals surface area (Å²) in [5, 5.41) is 9.91. The maximum atomic E-state index is 9.91. The molecule has 3 nitrogen and oxygen atoms in total. The minimum Gasteiger partial charge on any atom is -0.503 e. The van der Waals surface area contributed by atoms with Crippen molar-refractivity contribution < 1.29 is 9.84 Å². The highest BCUT2D eigenvalue weighted by Gasteiger charge is 2.60. The summed E-state index contributed by atoms with van der Waals surface area (Å²) >= 11 is 3.39. The molecule has 0 bridgehead atoms. The highest BCUT2D eigenvalue weighted by molar-refractivity contribution is 9.10. The summed E-state index contributed by atoms with van der Waals surface area (Å²) in [4.78, 5) is 0. The number of methoxy groups -OCH3 is 1. The molecule has 0 spiro atoms. The van der Waals surface area contributed by atoms with E-state index in [0.717, 1.165) is 12.0 Å². The number of benzene rings is 1. The Labute approximate surface area is 104 Å². The topological polar surface area (TPSA) is 55.5 Å². The van der Waals surface area contributed by atoms with Gasteiger partial charge in [0.2, 0.25) is 0 Å². The van der Waals surface area contributed by atoms with Gasteiger partial charge in [-0.3, -0.25) is 0 Å². The molecular weight excluding hydrogens is 270 g/mol. The second kappa shape index (κ2) is 3.37. The summed E-state index contributed by atoms with van der Waals surface area (Å²) in [5.74, 6) is 0.574. The zero-order valence-electron chi connectivity index (χ0n) is 9.67. The van der Waals surface area contributed by atoms with Gasteiger partial charge in [0.25, 0.3) is 0 Å². The molecule has 88 valence electrons. The molecule has 4 heteroatoms. The van der Waals surface area contributed by atoms with Gasteiger partial charge < -0.3 is 15.6 Å². The van der Waals surface area contributed by atoms with Gasteiger partial charge in [-0.05, 0) is 39.4 Å². The largest absolute Gasteiger partial charge is 0.503 e. The molecule has 1 saturated carbocycles. The van der Waals surface area contributed by atoms with Crippen LogP contribution >= 0.6 is 15.9 Å². The number of aromatic hydroxyl groups is 1. The molecule has 0 radical (unpaired) electrons.